The summed E-state index contributed by atoms with van der Waals surface area (Å²) < 4.78 is 0. The average molecular weight is 1290 g/mol. The van der Waals surface area contributed by atoms with Gasteiger partial charge in [-0.25, -0.2) is 0 Å². The number of nitrogens with two attached hydrogens (primary N) is 2. The van der Waals surface area contributed by atoms with Crippen LogP contribution >= 0.6 is 11.8 Å². The van der Waals surface area contributed by atoms with E-state index in [-0.39, 0.29) is 88.5 Å². The number of primary amides is 2. The molecule has 0 aromatic heterocycles. The maximum Gasteiger partial charge on any atom is 0.305 e. The van der Waals surface area contributed by atoms with Crippen molar-refractivity contribution in [3.05, 3.63) is 65.7 Å². The third-order valence-corrected chi connectivity index (χ3v) is 15.9. The third-order valence-electron chi connectivity index (χ3n) is 15.3. The number of carbonyl (C=O) groups is 15. The van der Waals surface area contributed by atoms with Crippen molar-refractivity contribution < 1.29 is 87.2 Å². The van der Waals surface area contributed by atoms with Crippen molar-refractivity contribution in [2.45, 2.75) is 164 Å². The molecule has 0 aliphatic carbocycles. The Morgan fingerprint density at radius 1 is 0.604 bits per heavy atom. The number of nitrogens with zero attached hydrogens (tertiary/aromatic N) is 2. The zero-order chi connectivity index (χ0) is 67.1. The first-order chi connectivity index (χ1) is 43.1. The van der Waals surface area contributed by atoms with Crippen molar-refractivity contribution in [2.24, 2.45) is 17.4 Å². The third kappa shape index (κ3) is 22.9. The maximum absolute atomic E-state index is 14.6. The van der Waals surface area contributed by atoms with Gasteiger partial charge >= 0.3 is 11.9 Å². The molecule has 3 fully saturated rings. The highest BCUT2D eigenvalue weighted by atomic mass is 32.2. The quantitative estimate of drug-likeness (QED) is 0.0318. The second-order valence-corrected chi connectivity index (χ2v) is 23.8. The van der Waals surface area contributed by atoms with Crippen LogP contribution in [0, 0.1) is 5.92 Å². The van der Waals surface area contributed by atoms with Gasteiger partial charge in [0.15, 0.2) is 0 Å². The lowest BCUT2D eigenvalue weighted by molar-refractivity contribution is -0.145. The van der Waals surface area contributed by atoms with Crippen molar-refractivity contribution in [1.82, 2.24) is 57.7 Å². The second-order valence-electron chi connectivity index (χ2n) is 22.8. The van der Waals surface area contributed by atoms with Crippen LogP contribution < -0.4 is 59.3 Å². The number of benzene rings is 2. The van der Waals surface area contributed by atoms with Gasteiger partial charge in [-0.05, 0) is 92.6 Å². The number of likely N-dealkylation sites (tertiary alicyclic amines) is 2. The molecule has 3 heterocycles. The molecule has 2 aromatic rings. The minimum Gasteiger partial charge on any atom is -0.508 e. The largest absolute Gasteiger partial charge is 0.508 e. The van der Waals surface area contributed by atoms with E-state index < -0.39 is 175 Å². The SMILES string of the molecule is CSCC[C@H](NC(=O)[C@H](CC(C)C)NC(=O)CNC(=O)[C@H](Cc1ccc(O)cc1)NC(=O)[C@H](Cc1ccccc1)NC(=O)[C@H](CCC(=O)O)NC(=O)[C@H](CC(=O)O)NC(=O)[C@@H]1CCCN1C(=O)[C@H](CC(N)=O)NC(=O)[C@@H]1CCCN1C(=O)[C@@H]1CCC(=O)N1)C(N)=O. The molecule has 10 atom stereocenters. The molecule has 91 heavy (non-hydrogen) atoms. The molecule has 16 N–H and O–H groups in total. The van der Waals surface area contributed by atoms with Gasteiger partial charge in [-0.2, -0.15) is 11.8 Å². The average Bonchev–Trinajstić information content (AvgIpc) is 1.98. The molecule has 2 aromatic carbocycles. The zero-order valence-electron chi connectivity index (χ0n) is 50.7. The predicted octanol–water partition coefficient (Wildman–Crippen LogP) is -3.55. The van der Waals surface area contributed by atoms with Crippen LogP contribution in [-0.2, 0) is 84.8 Å². The lowest BCUT2D eigenvalue weighted by atomic mass is 10.0. The Kier molecular flexibility index (Phi) is 28.0. The van der Waals surface area contributed by atoms with E-state index in [1.165, 1.54) is 40.9 Å². The summed E-state index contributed by atoms with van der Waals surface area (Å²) in [5.41, 5.74) is 11.9. The van der Waals surface area contributed by atoms with Gasteiger partial charge in [0.1, 0.15) is 66.2 Å². The van der Waals surface area contributed by atoms with Gasteiger partial charge in [0.05, 0.1) is 19.4 Å². The number of carboxylic acids is 2. The summed E-state index contributed by atoms with van der Waals surface area (Å²) in [5, 5.41) is 52.0. The van der Waals surface area contributed by atoms with Crippen molar-refractivity contribution in [3.63, 3.8) is 0 Å². The first kappa shape index (κ1) is 72.4. The van der Waals surface area contributed by atoms with Crippen molar-refractivity contribution in [3.8, 4) is 5.75 Å². The Morgan fingerprint density at radius 3 is 1.70 bits per heavy atom. The lowest BCUT2D eigenvalue weighted by Gasteiger charge is -2.31. The van der Waals surface area contributed by atoms with Crippen LogP contribution in [0.4, 0.5) is 0 Å². The molecular formula is C59H81N13O18S. The van der Waals surface area contributed by atoms with Gasteiger partial charge < -0.3 is 84.4 Å². The van der Waals surface area contributed by atoms with Gasteiger partial charge in [0.2, 0.25) is 76.8 Å². The van der Waals surface area contributed by atoms with Crippen LogP contribution in [0.3, 0.4) is 0 Å². The smallest absolute Gasteiger partial charge is 0.305 e. The van der Waals surface area contributed by atoms with Crippen molar-refractivity contribution >= 4 is 100 Å². The summed E-state index contributed by atoms with van der Waals surface area (Å²) in [6.45, 7) is 2.91. The summed E-state index contributed by atoms with van der Waals surface area (Å²) in [7, 11) is 0. The van der Waals surface area contributed by atoms with Crippen LogP contribution in [0.25, 0.3) is 0 Å². The number of nitrogens with one attached hydrogen (secondary N) is 9. The number of carbonyl (C=O) groups excluding carboxylic acids is 13. The standard InChI is InChI=1S/C59H81N13O18S/c1-31(2)25-38(53(84)65-35(50(61)81)21-24-91-3)64-47(76)30-62-51(82)39(27-33-13-15-34(73)16-14-33)67-54(85)40(26-32-9-5-4-6-10-32)68-52(83)36(18-20-48(77)78)66-55(86)41(29-49(79)80)69-56(87)43-11-8-23-72(43)59(90)42(28-45(60)74)70-57(88)44-12-7-22-71(44)58(89)37-17-19-46(75)63-37/h4-6,9-10,13-16,31,35-44,73H,7-8,11-12,17-30H2,1-3H3,(H2,60,74)(H2,61,81)(H,62,82)(H,63,75)(H,64,76)(H,65,84)(H,66,86)(H,67,85)(H,68,83)(H,69,87)(H,70,88)(H,77,78)(H,79,80)/t35-,36-,37-,38-,39-,40-,41-,42-,43-,44-/m0/s1. The van der Waals surface area contributed by atoms with Crippen LogP contribution in [0.1, 0.15) is 102 Å². The number of hydrogen-bond donors (Lipinski definition) is 14. The molecule has 0 radical (unpaired) electrons. The fourth-order valence-electron chi connectivity index (χ4n) is 10.6. The molecule has 0 unspecified atom stereocenters. The normalized spacial score (nSPS) is 18.3. The van der Waals surface area contributed by atoms with Crippen molar-refractivity contribution in [1.29, 1.82) is 0 Å². The maximum atomic E-state index is 14.6. The van der Waals surface area contributed by atoms with Gasteiger partial charge in [-0.15, -0.1) is 0 Å². The summed E-state index contributed by atoms with van der Waals surface area (Å²) in [6, 6.07) is -0.599. The van der Waals surface area contributed by atoms with Gasteiger partial charge in [-0.3, -0.25) is 71.9 Å². The topological polar surface area (TPSA) is 484 Å². The van der Waals surface area contributed by atoms with E-state index in [4.69, 9.17) is 11.5 Å². The molecule has 5 rings (SSSR count). The van der Waals surface area contributed by atoms with Gasteiger partial charge in [-0.1, -0.05) is 56.3 Å². The summed E-state index contributed by atoms with van der Waals surface area (Å²) in [5.74, 6) is -14.3. The Bertz CT molecular complexity index is 3010. The number of amides is 13. The number of phenols is 1. The van der Waals surface area contributed by atoms with Crippen LogP contribution in [0.2, 0.25) is 0 Å². The highest BCUT2D eigenvalue weighted by Gasteiger charge is 2.44. The summed E-state index contributed by atoms with van der Waals surface area (Å²) in [4.78, 5) is 202. The molecule has 3 aliphatic rings. The fraction of sp³-hybridized carbons (Fsp3) is 0.542. The second kappa shape index (κ2) is 35.1. The lowest BCUT2D eigenvalue weighted by Crippen LogP contribution is -2.60. The van der Waals surface area contributed by atoms with Crippen LogP contribution in [0.5, 0.6) is 5.75 Å². The molecule has 496 valence electrons. The number of thioether (sulfide) groups is 1. The Balaban J connectivity index is 1.33. The van der Waals surface area contributed by atoms with E-state index in [2.05, 4.69) is 47.9 Å². The molecule has 0 bridgehead atoms. The number of rotatable bonds is 35. The van der Waals surface area contributed by atoms with E-state index in [1.807, 2.05) is 6.26 Å². The number of hydrogen-bond acceptors (Lipinski definition) is 17. The molecule has 3 saturated heterocycles. The van der Waals surface area contributed by atoms with Crippen molar-refractivity contribution in [2.75, 3.05) is 31.6 Å². The Hall–Kier alpha value is -9.36. The van der Waals surface area contributed by atoms with Gasteiger partial charge in [0.25, 0.3) is 0 Å². The molecule has 32 heteroatoms. The summed E-state index contributed by atoms with van der Waals surface area (Å²) in [6.07, 6.45) is -0.683. The molecule has 31 nitrogen and oxygen atoms in total. The molecular weight excluding hydrogens is 1210 g/mol. The minimum atomic E-state index is -2.01. The Labute approximate surface area is 528 Å². The number of aliphatic carboxylic acids is 2. The van der Waals surface area contributed by atoms with Crippen LogP contribution in [-0.4, -0.2) is 206 Å². The monoisotopic (exact) mass is 1290 g/mol. The molecule has 3 aliphatic heterocycles. The fourth-order valence-corrected chi connectivity index (χ4v) is 11.1. The van der Waals surface area contributed by atoms with E-state index >= 15 is 0 Å². The predicted molar refractivity (Wildman–Crippen MR) is 324 cm³/mol. The van der Waals surface area contributed by atoms with E-state index in [9.17, 15) is 87.2 Å². The van der Waals surface area contributed by atoms with Gasteiger partial charge in [0, 0.05) is 38.8 Å². The number of aromatic hydroxyl groups is 1. The minimum absolute atomic E-state index is 0.0611. The Morgan fingerprint density at radius 2 is 1.14 bits per heavy atom. The number of carboxylic acid groups (broad SMARTS) is 2. The highest BCUT2D eigenvalue weighted by Crippen LogP contribution is 2.24. The van der Waals surface area contributed by atoms with E-state index in [0.29, 0.717) is 23.3 Å². The van der Waals surface area contributed by atoms with E-state index in [1.54, 1.807) is 44.2 Å². The first-order valence-electron chi connectivity index (χ1n) is 29.8. The number of phenolic OH excluding ortho intramolecular Hbond substituents is 1. The molecule has 0 spiro atoms. The first-order valence-corrected chi connectivity index (χ1v) is 31.1. The molecule has 13 amide bonds. The zero-order valence-corrected chi connectivity index (χ0v) is 51.5. The van der Waals surface area contributed by atoms with Crippen LogP contribution in [0.15, 0.2) is 54.6 Å². The van der Waals surface area contributed by atoms with E-state index in [0.717, 1.165) is 4.90 Å². The highest BCUT2D eigenvalue weighted by molar-refractivity contribution is 7.98. The molecule has 0 saturated carbocycles. The summed E-state index contributed by atoms with van der Waals surface area (Å²) >= 11 is 1.43.